The van der Waals surface area contributed by atoms with Crippen LogP contribution in [0.4, 0.5) is 0 Å². The van der Waals surface area contributed by atoms with E-state index in [0.717, 1.165) is 23.9 Å². The molecule has 0 saturated heterocycles. The minimum Gasteiger partial charge on any atom is -0.371 e. The van der Waals surface area contributed by atoms with Crippen molar-refractivity contribution in [3.05, 3.63) is 41.0 Å². The fraction of sp³-hybridized carbons (Fsp3) is 0.500. The van der Waals surface area contributed by atoms with Crippen LogP contribution in [0.1, 0.15) is 38.6 Å². The monoisotopic (exact) mass is 539 g/mol. The molecule has 28 heavy (non-hydrogen) atoms. The van der Waals surface area contributed by atoms with Gasteiger partial charge in [0.05, 0.1) is 0 Å². The molecule has 0 amide bonds. The first-order valence-corrected chi connectivity index (χ1v) is 10.3. The van der Waals surface area contributed by atoms with Gasteiger partial charge in [-0.1, -0.05) is 16.8 Å². The summed E-state index contributed by atoms with van der Waals surface area (Å²) in [5, 5.41) is 11.2. The molecule has 0 bridgehead atoms. The molecule has 10 heteroatoms. The molecular weight excluding hydrogens is 513 g/mol. The van der Waals surface area contributed by atoms with Crippen LogP contribution in [-0.2, 0) is 11.3 Å². The van der Waals surface area contributed by atoms with Crippen molar-refractivity contribution in [2.45, 2.75) is 38.3 Å². The summed E-state index contributed by atoms with van der Waals surface area (Å²) in [5.41, 5.74) is 0. The molecule has 2 N–H and O–H groups in total. The van der Waals surface area contributed by atoms with E-state index in [0.29, 0.717) is 30.8 Å². The van der Waals surface area contributed by atoms with Gasteiger partial charge >= 0.3 is 0 Å². The van der Waals surface area contributed by atoms with Crippen molar-refractivity contribution in [2.24, 2.45) is 4.99 Å². The van der Waals surface area contributed by atoms with Crippen LogP contribution in [0.15, 0.2) is 38.7 Å². The van der Waals surface area contributed by atoms with E-state index in [2.05, 4.69) is 25.8 Å². The Bertz CT molecular complexity index is 714. The van der Waals surface area contributed by atoms with Gasteiger partial charge in [-0.15, -0.1) is 35.7 Å². The van der Waals surface area contributed by atoms with Crippen molar-refractivity contribution in [2.75, 3.05) is 25.4 Å². The average molecular weight is 540 g/mol. The molecule has 2 aromatic rings. The number of aliphatic imine (C=N–C) groups is 1. The quantitative estimate of drug-likeness (QED) is 0.153. The summed E-state index contributed by atoms with van der Waals surface area (Å²) >= 11 is 7.66. The zero-order chi connectivity index (χ0) is 19.5. The Morgan fingerprint density at radius 3 is 2.71 bits per heavy atom. The number of hydrogen-bond acceptors (Lipinski definition) is 6. The highest BCUT2D eigenvalue weighted by atomic mass is 127. The molecule has 0 saturated carbocycles. The molecule has 2 rings (SSSR count). The van der Waals surface area contributed by atoms with E-state index in [4.69, 9.17) is 20.9 Å². The molecule has 1 atom stereocenters. The Labute approximate surface area is 192 Å². The molecule has 1 aromatic carbocycles. The first kappa shape index (κ1) is 25.0. The number of hydrogen-bond donors (Lipinski definition) is 2. The average Bonchev–Trinajstić information content (AvgIpc) is 3.14. The van der Waals surface area contributed by atoms with Crippen LogP contribution in [0.2, 0.25) is 5.02 Å². The predicted molar refractivity (Wildman–Crippen MR) is 125 cm³/mol. The molecule has 7 nitrogen and oxygen atoms in total. The first-order valence-electron chi connectivity index (χ1n) is 8.97. The molecule has 0 aliphatic rings. The number of nitrogens with zero attached hydrogens (tertiary/aromatic N) is 3. The van der Waals surface area contributed by atoms with Crippen LogP contribution in [0.3, 0.4) is 0 Å². The van der Waals surface area contributed by atoms with Gasteiger partial charge in [0.2, 0.25) is 5.89 Å². The Kier molecular flexibility index (Phi) is 12.5. The SMILES string of the molecule is CCNC(=NCc1nc(C(C)OCC)no1)NCCSc1ccc(Cl)cc1.I. The fourth-order valence-electron chi connectivity index (χ4n) is 2.18. The number of ether oxygens (including phenoxy) is 1. The summed E-state index contributed by atoms with van der Waals surface area (Å²) in [5.74, 6) is 2.62. The molecule has 0 radical (unpaired) electrons. The molecule has 156 valence electrons. The normalized spacial score (nSPS) is 12.4. The number of nitrogens with one attached hydrogen (secondary N) is 2. The highest BCUT2D eigenvalue weighted by Crippen LogP contribution is 2.19. The molecule has 0 spiro atoms. The van der Waals surface area contributed by atoms with Crippen LogP contribution in [0.5, 0.6) is 0 Å². The number of halogens is 2. The van der Waals surface area contributed by atoms with Gasteiger partial charge in [-0.3, -0.25) is 0 Å². The van der Waals surface area contributed by atoms with Crippen LogP contribution >= 0.6 is 47.3 Å². The highest BCUT2D eigenvalue weighted by molar-refractivity contribution is 14.0. The van der Waals surface area contributed by atoms with Gasteiger partial charge in [-0.2, -0.15) is 4.98 Å². The predicted octanol–water partition coefficient (Wildman–Crippen LogP) is 4.29. The lowest BCUT2D eigenvalue weighted by molar-refractivity contribution is 0.0683. The van der Waals surface area contributed by atoms with Gasteiger partial charge in [0.1, 0.15) is 12.6 Å². The summed E-state index contributed by atoms with van der Waals surface area (Å²) in [6.45, 7) is 8.31. The Balaban J connectivity index is 0.00000392. The molecule has 0 aliphatic heterocycles. The van der Waals surface area contributed by atoms with Crippen LogP contribution in [0, 0.1) is 0 Å². The van der Waals surface area contributed by atoms with Gasteiger partial charge in [0.15, 0.2) is 11.8 Å². The Hall–Kier alpha value is -1.04. The maximum atomic E-state index is 5.90. The van der Waals surface area contributed by atoms with E-state index in [1.807, 2.05) is 45.0 Å². The third-order valence-electron chi connectivity index (χ3n) is 3.46. The molecule has 1 aromatic heterocycles. The topological polar surface area (TPSA) is 84.6 Å². The molecule has 0 aliphatic carbocycles. The van der Waals surface area contributed by atoms with Crippen LogP contribution in [0.25, 0.3) is 0 Å². The van der Waals surface area contributed by atoms with E-state index in [-0.39, 0.29) is 30.1 Å². The lowest BCUT2D eigenvalue weighted by atomic mass is 10.4. The lowest BCUT2D eigenvalue weighted by Crippen LogP contribution is -2.38. The van der Waals surface area contributed by atoms with E-state index >= 15 is 0 Å². The number of aromatic nitrogens is 2. The standard InChI is InChI=1S/C18H26ClN5O2S.HI/c1-4-20-18(21-10-11-27-15-8-6-14(19)7-9-15)22-12-16-23-17(24-26-16)13(3)25-5-2;/h6-9,13H,4-5,10-12H2,1-3H3,(H2,20,21,22);1H. The second-order valence-corrected chi connectivity index (χ2v) is 7.17. The summed E-state index contributed by atoms with van der Waals surface area (Å²) in [7, 11) is 0. The van der Waals surface area contributed by atoms with Gasteiger partial charge < -0.3 is 19.9 Å². The third-order valence-corrected chi connectivity index (χ3v) is 4.72. The van der Waals surface area contributed by atoms with E-state index in [1.165, 1.54) is 4.90 Å². The largest absolute Gasteiger partial charge is 0.371 e. The van der Waals surface area contributed by atoms with Crippen molar-refractivity contribution < 1.29 is 9.26 Å². The molecule has 1 heterocycles. The van der Waals surface area contributed by atoms with E-state index in [1.54, 1.807) is 11.8 Å². The second-order valence-electron chi connectivity index (χ2n) is 5.57. The van der Waals surface area contributed by atoms with Crippen LogP contribution in [-0.4, -0.2) is 41.5 Å². The molecular formula is C18H27ClIN5O2S. The van der Waals surface area contributed by atoms with E-state index in [9.17, 15) is 0 Å². The first-order chi connectivity index (χ1) is 13.1. The fourth-order valence-corrected chi connectivity index (χ4v) is 3.07. The lowest BCUT2D eigenvalue weighted by Gasteiger charge is -2.10. The Morgan fingerprint density at radius 1 is 1.29 bits per heavy atom. The summed E-state index contributed by atoms with van der Waals surface area (Å²) in [6, 6.07) is 7.83. The molecule has 0 fully saturated rings. The molecule has 1 unspecified atom stereocenters. The van der Waals surface area contributed by atoms with Crippen molar-refractivity contribution in [3.8, 4) is 0 Å². The maximum Gasteiger partial charge on any atom is 0.248 e. The van der Waals surface area contributed by atoms with Gasteiger partial charge in [-0.25, -0.2) is 4.99 Å². The van der Waals surface area contributed by atoms with Crippen molar-refractivity contribution in [1.29, 1.82) is 0 Å². The number of benzene rings is 1. The van der Waals surface area contributed by atoms with Gasteiger partial charge in [0, 0.05) is 35.4 Å². The maximum absolute atomic E-state index is 5.90. The Morgan fingerprint density at radius 2 is 2.04 bits per heavy atom. The zero-order valence-corrected chi connectivity index (χ0v) is 20.2. The number of guanidine groups is 1. The second kappa shape index (κ2) is 14.0. The minimum atomic E-state index is -0.187. The van der Waals surface area contributed by atoms with Crippen molar-refractivity contribution >= 4 is 53.3 Å². The highest BCUT2D eigenvalue weighted by Gasteiger charge is 2.13. The summed E-state index contributed by atoms with van der Waals surface area (Å²) in [6.07, 6.45) is -0.187. The van der Waals surface area contributed by atoms with Crippen molar-refractivity contribution in [3.63, 3.8) is 0 Å². The third kappa shape index (κ3) is 8.97. The minimum absolute atomic E-state index is 0. The van der Waals surface area contributed by atoms with E-state index < -0.39 is 0 Å². The van der Waals surface area contributed by atoms with Crippen molar-refractivity contribution in [1.82, 2.24) is 20.8 Å². The zero-order valence-electron chi connectivity index (χ0n) is 16.3. The van der Waals surface area contributed by atoms with Gasteiger partial charge in [0.25, 0.3) is 0 Å². The van der Waals surface area contributed by atoms with Crippen LogP contribution < -0.4 is 10.6 Å². The summed E-state index contributed by atoms with van der Waals surface area (Å²) in [4.78, 5) is 10.00. The smallest absolute Gasteiger partial charge is 0.248 e. The summed E-state index contributed by atoms with van der Waals surface area (Å²) < 4.78 is 10.7. The number of thioether (sulfide) groups is 1. The number of rotatable bonds is 10. The van der Waals surface area contributed by atoms with Gasteiger partial charge in [-0.05, 0) is 45.0 Å².